The van der Waals surface area contributed by atoms with Gasteiger partial charge in [-0.1, -0.05) is 18.2 Å². The number of nitro groups is 1. The molecule has 0 radical (unpaired) electrons. The monoisotopic (exact) mass is 543 g/mol. The second kappa shape index (κ2) is 12.5. The molecule has 13 nitrogen and oxygen atoms in total. The number of ether oxygens (including phenoxy) is 3. The fraction of sp³-hybridized carbons (Fsp3) is 0.250. The number of nitrogens with zero attached hydrogens (tertiary/aromatic N) is 2. The third-order valence-corrected chi connectivity index (χ3v) is 5.47. The Hall–Kier alpha value is -4.72. The molecule has 200 valence electrons. The number of hydrogen-bond acceptors (Lipinski definition) is 10. The molecule has 1 heterocycles. The number of nitro benzene ring substituents is 1. The number of carbonyl (C=O) groups is 2. The third-order valence-electron chi connectivity index (χ3n) is 5.25. The van der Waals surface area contributed by atoms with Gasteiger partial charge < -0.3 is 30.0 Å². The van der Waals surface area contributed by atoms with E-state index in [4.69, 9.17) is 26.4 Å². The first kappa shape index (κ1) is 27.9. The van der Waals surface area contributed by atoms with Crippen molar-refractivity contribution in [2.75, 3.05) is 20.3 Å². The van der Waals surface area contributed by atoms with E-state index < -0.39 is 40.9 Å². The van der Waals surface area contributed by atoms with Crippen molar-refractivity contribution in [2.45, 2.75) is 19.9 Å². The van der Waals surface area contributed by atoms with Gasteiger partial charge in [0, 0.05) is 22.9 Å². The number of rotatable bonds is 10. The maximum atomic E-state index is 12.6. The molecule has 3 rings (SSSR count). The van der Waals surface area contributed by atoms with Gasteiger partial charge in [-0.25, -0.2) is 10.2 Å². The van der Waals surface area contributed by atoms with Gasteiger partial charge in [-0.15, -0.1) is 0 Å². The van der Waals surface area contributed by atoms with E-state index in [0.717, 1.165) is 12.3 Å². The summed E-state index contributed by atoms with van der Waals surface area (Å²) < 4.78 is 15.8. The average molecular weight is 544 g/mol. The summed E-state index contributed by atoms with van der Waals surface area (Å²) in [6.45, 7) is 3.17. The van der Waals surface area contributed by atoms with E-state index in [1.165, 1.54) is 13.2 Å². The summed E-state index contributed by atoms with van der Waals surface area (Å²) in [4.78, 5) is 35.4. The summed E-state index contributed by atoms with van der Waals surface area (Å²) in [6.07, 6.45) is 1.15. The first-order valence-corrected chi connectivity index (χ1v) is 11.6. The SMILES string of the molecule is CCOC(=O)C1=C(C)NC(=S)N[C@@H]1c1ccccc1OCC(=O)NN=Cc1cc(OC)c(O)c([N+](=O)[O-])c1. The van der Waals surface area contributed by atoms with E-state index in [0.29, 0.717) is 27.7 Å². The van der Waals surface area contributed by atoms with Gasteiger partial charge in [0.05, 0.1) is 36.5 Å². The van der Waals surface area contributed by atoms with Crippen molar-refractivity contribution < 1.29 is 33.8 Å². The predicted molar refractivity (Wildman–Crippen MR) is 140 cm³/mol. The minimum atomic E-state index is -0.771. The van der Waals surface area contributed by atoms with Crippen molar-refractivity contribution in [1.29, 1.82) is 0 Å². The van der Waals surface area contributed by atoms with Gasteiger partial charge in [0.1, 0.15) is 5.75 Å². The van der Waals surface area contributed by atoms with E-state index in [9.17, 15) is 24.8 Å². The molecular weight excluding hydrogens is 518 g/mol. The number of hydrogen-bond donors (Lipinski definition) is 4. The maximum Gasteiger partial charge on any atom is 0.338 e. The number of nitrogens with one attached hydrogen (secondary N) is 3. The van der Waals surface area contributed by atoms with E-state index >= 15 is 0 Å². The van der Waals surface area contributed by atoms with E-state index in [2.05, 4.69) is 21.2 Å². The highest BCUT2D eigenvalue weighted by Crippen LogP contribution is 2.36. The average Bonchev–Trinajstić information content (AvgIpc) is 2.87. The van der Waals surface area contributed by atoms with Crippen LogP contribution in [0.25, 0.3) is 0 Å². The van der Waals surface area contributed by atoms with E-state index in [1.54, 1.807) is 38.1 Å². The number of methoxy groups -OCH3 is 1. The molecule has 0 bridgehead atoms. The first-order valence-electron chi connectivity index (χ1n) is 11.2. The molecule has 0 saturated carbocycles. The second-order valence-electron chi connectivity index (χ2n) is 7.76. The molecule has 2 aromatic carbocycles. The molecular formula is C24H25N5O8S. The number of amides is 1. The first-order chi connectivity index (χ1) is 18.2. The normalized spacial score (nSPS) is 14.9. The number of phenols is 1. The molecule has 0 aromatic heterocycles. The lowest BCUT2D eigenvalue weighted by Gasteiger charge is -2.30. The number of aromatic hydroxyl groups is 1. The van der Waals surface area contributed by atoms with Gasteiger partial charge in [0.25, 0.3) is 5.91 Å². The lowest BCUT2D eigenvalue weighted by Crippen LogP contribution is -2.45. The largest absolute Gasteiger partial charge is 0.500 e. The number of thiocarbonyl (C=S) groups is 1. The number of para-hydroxylation sites is 1. The molecule has 0 unspecified atom stereocenters. The minimum Gasteiger partial charge on any atom is -0.500 e. The summed E-state index contributed by atoms with van der Waals surface area (Å²) in [7, 11) is 1.25. The molecule has 1 amide bonds. The summed E-state index contributed by atoms with van der Waals surface area (Å²) in [5.74, 6) is -1.56. The quantitative estimate of drug-likeness (QED) is 0.114. The van der Waals surface area contributed by atoms with Crippen LogP contribution in [0.2, 0.25) is 0 Å². The molecule has 0 spiro atoms. The minimum absolute atomic E-state index is 0.121. The van der Waals surface area contributed by atoms with Crippen LogP contribution in [0.4, 0.5) is 5.69 Å². The Bertz CT molecular complexity index is 1330. The number of carbonyl (C=O) groups excluding carboxylic acids is 2. The highest BCUT2D eigenvalue weighted by Gasteiger charge is 2.32. The molecule has 4 N–H and O–H groups in total. The lowest BCUT2D eigenvalue weighted by atomic mass is 9.95. The zero-order valence-corrected chi connectivity index (χ0v) is 21.5. The molecule has 0 fully saturated rings. The molecule has 14 heteroatoms. The smallest absolute Gasteiger partial charge is 0.338 e. The van der Waals surface area contributed by atoms with Gasteiger partial charge in [-0.05, 0) is 38.2 Å². The topological polar surface area (TPSA) is 174 Å². The van der Waals surface area contributed by atoms with Crippen LogP contribution < -0.4 is 25.5 Å². The molecule has 1 aliphatic rings. The fourth-order valence-electron chi connectivity index (χ4n) is 3.59. The Morgan fingerprint density at radius 1 is 1.29 bits per heavy atom. The van der Waals surface area contributed by atoms with E-state index in [1.807, 2.05) is 0 Å². The Morgan fingerprint density at radius 3 is 2.71 bits per heavy atom. The van der Waals surface area contributed by atoms with Crippen LogP contribution in [0, 0.1) is 10.1 Å². The molecule has 38 heavy (non-hydrogen) atoms. The number of benzene rings is 2. The maximum absolute atomic E-state index is 12.6. The molecule has 2 aromatic rings. The van der Waals surface area contributed by atoms with Crippen molar-refractivity contribution in [3.63, 3.8) is 0 Å². The number of esters is 1. The van der Waals surface area contributed by atoms with Crippen LogP contribution >= 0.6 is 12.2 Å². The number of allylic oxidation sites excluding steroid dienone is 1. The van der Waals surface area contributed by atoms with Crippen molar-refractivity contribution in [2.24, 2.45) is 5.10 Å². The summed E-state index contributed by atoms with van der Waals surface area (Å²) in [5.41, 5.74) is 3.30. The molecule has 0 saturated heterocycles. The number of phenolic OH excluding ortho intramolecular Hbond substituents is 1. The Morgan fingerprint density at radius 2 is 2.03 bits per heavy atom. The zero-order chi connectivity index (χ0) is 27.8. The molecule has 1 aliphatic heterocycles. The van der Waals surface area contributed by atoms with Crippen LogP contribution in [-0.2, 0) is 14.3 Å². The van der Waals surface area contributed by atoms with Crippen molar-refractivity contribution in [3.05, 3.63) is 68.9 Å². The molecule has 0 aliphatic carbocycles. The zero-order valence-electron chi connectivity index (χ0n) is 20.6. The van der Waals surface area contributed by atoms with Crippen molar-refractivity contribution >= 4 is 41.1 Å². The highest BCUT2D eigenvalue weighted by atomic mass is 32.1. The lowest BCUT2D eigenvalue weighted by molar-refractivity contribution is -0.386. The van der Waals surface area contributed by atoms with E-state index in [-0.39, 0.29) is 17.9 Å². The molecule has 1 atom stereocenters. The second-order valence-corrected chi connectivity index (χ2v) is 8.17. The van der Waals surface area contributed by atoms with Crippen LogP contribution in [0.15, 0.2) is 52.8 Å². The summed E-state index contributed by atoms with van der Waals surface area (Å²) in [5, 5.41) is 31.0. The van der Waals surface area contributed by atoms with Gasteiger partial charge in [-0.2, -0.15) is 5.10 Å². The Labute approximate surface area is 222 Å². The van der Waals surface area contributed by atoms with Crippen LogP contribution in [-0.4, -0.2) is 53.6 Å². The highest BCUT2D eigenvalue weighted by molar-refractivity contribution is 7.80. The van der Waals surface area contributed by atoms with Gasteiger partial charge in [0.2, 0.25) is 5.75 Å². The fourth-order valence-corrected chi connectivity index (χ4v) is 3.87. The summed E-state index contributed by atoms with van der Waals surface area (Å²) in [6, 6.07) is 8.54. The Kier molecular flexibility index (Phi) is 9.16. The predicted octanol–water partition coefficient (Wildman–Crippen LogP) is 2.19. The van der Waals surface area contributed by atoms with Crippen LogP contribution in [0.5, 0.6) is 17.2 Å². The third kappa shape index (κ3) is 6.53. The van der Waals surface area contributed by atoms with Crippen molar-refractivity contribution in [3.8, 4) is 17.2 Å². The van der Waals surface area contributed by atoms with Gasteiger partial charge in [-0.3, -0.25) is 14.9 Å². The number of hydrazone groups is 1. The van der Waals surface area contributed by atoms with Crippen LogP contribution in [0.3, 0.4) is 0 Å². The van der Waals surface area contributed by atoms with Crippen LogP contribution in [0.1, 0.15) is 31.0 Å². The van der Waals surface area contributed by atoms with Gasteiger partial charge >= 0.3 is 11.7 Å². The summed E-state index contributed by atoms with van der Waals surface area (Å²) >= 11 is 5.26. The standard InChI is InChI=1S/C24H25N5O8S/c1-4-36-23(32)20-13(2)26-24(38)27-21(20)15-7-5-6-8-17(15)37-12-19(30)28-25-11-14-9-16(29(33)34)22(31)18(10-14)35-3/h5-11,21,31H,4,12H2,1-3H3,(H,28,30)(H2,26,27,38)/t21-/m1/s1. The van der Waals surface area contributed by atoms with Crippen molar-refractivity contribution in [1.82, 2.24) is 16.1 Å². The Balaban J connectivity index is 1.73. The van der Waals surface area contributed by atoms with Gasteiger partial charge in [0.15, 0.2) is 17.5 Å².